The first-order chi connectivity index (χ1) is 11.5. The Labute approximate surface area is 150 Å². The molecule has 0 aromatic carbocycles. The summed E-state index contributed by atoms with van der Waals surface area (Å²) in [6.45, 7) is 12.7. The average Bonchev–Trinajstić information content (AvgIpc) is 2.76. The van der Waals surface area contributed by atoms with E-state index in [9.17, 15) is 9.59 Å². The Balaban J connectivity index is 1.54. The molecule has 1 aliphatic heterocycles. The maximum absolute atomic E-state index is 12.0. The standard InChI is InChI=1S/C20H31NO4/c1-13-11-16(22)21(17(13)23)10-9-18(2,3)24-25-20(6)8-7-14-12-15(20)19(14,4)5/h11,14-15H,7-10,12H2,1-6H3. The first-order valence-corrected chi connectivity index (χ1v) is 9.37. The molecule has 2 amide bonds. The molecule has 4 rings (SSSR count). The van der Waals surface area contributed by atoms with Gasteiger partial charge in [-0.15, -0.1) is 0 Å². The van der Waals surface area contributed by atoms with E-state index >= 15 is 0 Å². The van der Waals surface area contributed by atoms with Gasteiger partial charge in [0.15, 0.2) is 0 Å². The normalized spacial score (nSPS) is 34.2. The lowest BCUT2D eigenvalue weighted by atomic mass is 9.44. The second-order valence-electron chi connectivity index (χ2n) is 9.46. The lowest BCUT2D eigenvalue weighted by Crippen LogP contribution is -2.61. The van der Waals surface area contributed by atoms with Crippen LogP contribution in [0.25, 0.3) is 0 Å². The molecule has 140 valence electrons. The zero-order chi connectivity index (χ0) is 18.6. The van der Waals surface area contributed by atoms with Crippen LogP contribution in [0, 0.1) is 17.3 Å². The first-order valence-electron chi connectivity index (χ1n) is 9.37. The molecule has 3 aliphatic carbocycles. The van der Waals surface area contributed by atoms with Crippen LogP contribution in [0.1, 0.15) is 67.2 Å². The van der Waals surface area contributed by atoms with E-state index in [-0.39, 0.29) is 17.4 Å². The second kappa shape index (κ2) is 5.92. The molecule has 0 aromatic rings. The van der Waals surface area contributed by atoms with Crippen LogP contribution in [0.3, 0.4) is 0 Å². The molecule has 3 atom stereocenters. The van der Waals surface area contributed by atoms with E-state index in [1.165, 1.54) is 23.8 Å². The number of fused-ring (bicyclic) bond motifs is 2. The topological polar surface area (TPSA) is 55.8 Å². The molecule has 1 heterocycles. The summed E-state index contributed by atoms with van der Waals surface area (Å²) in [6.07, 6.45) is 5.36. The van der Waals surface area contributed by atoms with Crippen molar-refractivity contribution in [3.8, 4) is 0 Å². The van der Waals surface area contributed by atoms with Crippen molar-refractivity contribution < 1.29 is 19.4 Å². The highest BCUT2D eigenvalue weighted by Crippen LogP contribution is 2.63. The summed E-state index contributed by atoms with van der Waals surface area (Å²) in [5, 5.41) is 0. The largest absolute Gasteiger partial charge is 0.275 e. The first kappa shape index (κ1) is 18.6. The Morgan fingerprint density at radius 1 is 1.28 bits per heavy atom. The fourth-order valence-corrected chi connectivity index (χ4v) is 4.76. The minimum Gasteiger partial charge on any atom is -0.275 e. The van der Waals surface area contributed by atoms with Crippen molar-refractivity contribution in [2.24, 2.45) is 17.3 Å². The van der Waals surface area contributed by atoms with Crippen molar-refractivity contribution >= 4 is 11.8 Å². The van der Waals surface area contributed by atoms with Gasteiger partial charge in [-0.1, -0.05) is 13.8 Å². The number of carbonyl (C=O) groups is 2. The third kappa shape index (κ3) is 3.17. The van der Waals surface area contributed by atoms with Crippen LogP contribution >= 0.6 is 0 Å². The van der Waals surface area contributed by atoms with Gasteiger partial charge < -0.3 is 0 Å². The molecule has 3 unspecified atom stereocenters. The molecule has 5 nitrogen and oxygen atoms in total. The van der Waals surface area contributed by atoms with E-state index in [1.807, 2.05) is 13.8 Å². The zero-order valence-electron chi connectivity index (χ0n) is 16.3. The zero-order valence-corrected chi connectivity index (χ0v) is 16.3. The van der Waals surface area contributed by atoms with Crippen LogP contribution < -0.4 is 0 Å². The predicted octanol–water partition coefficient (Wildman–Crippen LogP) is 3.63. The molecule has 0 N–H and O–H groups in total. The smallest absolute Gasteiger partial charge is 0.256 e. The van der Waals surface area contributed by atoms with Crippen molar-refractivity contribution in [1.29, 1.82) is 0 Å². The Kier molecular flexibility index (Phi) is 4.40. The van der Waals surface area contributed by atoms with E-state index in [0.29, 0.717) is 29.9 Å². The van der Waals surface area contributed by atoms with Gasteiger partial charge >= 0.3 is 0 Å². The maximum Gasteiger partial charge on any atom is 0.256 e. The van der Waals surface area contributed by atoms with E-state index < -0.39 is 5.60 Å². The number of amides is 2. The Hall–Kier alpha value is -1.20. The fourth-order valence-electron chi connectivity index (χ4n) is 4.76. The monoisotopic (exact) mass is 349 g/mol. The Morgan fingerprint density at radius 3 is 2.48 bits per heavy atom. The fraction of sp³-hybridized carbons (Fsp3) is 0.800. The number of hydrogen-bond donors (Lipinski definition) is 0. The summed E-state index contributed by atoms with van der Waals surface area (Å²) in [4.78, 5) is 37.0. The molecule has 0 saturated heterocycles. The van der Waals surface area contributed by atoms with Gasteiger partial charge in [0, 0.05) is 18.2 Å². The second-order valence-corrected chi connectivity index (χ2v) is 9.46. The molecular formula is C20H31NO4. The van der Waals surface area contributed by atoms with Gasteiger partial charge in [0.25, 0.3) is 11.8 Å². The predicted molar refractivity (Wildman–Crippen MR) is 94.4 cm³/mol. The Morgan fingerprint density at radius 2 is 1.96 bits per heavy atom. The third-order valence-electron chi connectivity index (χ3n) is 6.78. The third-order valence-corrected chi connectivity index (χ3v) is 6.78. The lowest BCUT2D eigenvalue weighted by Gasteiger charge is -2.63. The maximum atomic E-state index is 12.0. The van der Waals surface area contributed by atoms with E-state index in [0.717, 1.165) is 12.3 Å². The minimum absolute atomic E-state index is 0.205. The van der Waals surface area contributed by atoms with Gasteiger partial charge in [-0.3, -0.25) is 14.5 Å². The minimum atomic E-state index is -0.565. The van der Waals surface area contributed by atoms with Crippen molar-refractivity contribution in [2.75, 3.05) is 6.54 Å². The number of imide groups is 1. The van der Waals surface area contributed by atoms with Gasteiger partial charge in [-0.25, -0.2) is 9.78 Å². The molecule has 25 heavy (non-hydrogen) atoms. The van der Waals surface area contributed by atoms with Crippen LogP contribution in [-0.2, 0) is 19.4 Å². The molecule has 0 aromatic heterocycles. The summed E-state index contributed by atoms with van der Waals surface area (Å²) in [5.41, 5.74) is -0.00741. The highest BCUT2D eigenvalue weighted by atomic mass is 17.2. The number of carbonyl (C=O) groups excluding carboxylic acids is 2. The molecule has 5 heteroatoms. The molecule has 0 radical (unpaired) electrons. The van der Waals surface area contributed by atoms with Gasteiger partial charge in [0.1, 0.15) is 5.60 Å². The summed E-state index contributed by atoms with van der Waals surface area (Å²) in [5.74, 6) is 0.886. The van der Waals surface area contributed by atoms with Crippen molar-refractivity contribution in [3.63, 3.8) is 0 Å². The van der Waals surface area contributed by atoms with Crippen molar-refractivity contribution in [3.05, 3.63) is 11.6 Å². The van der Waals surface area contributed by atoms with Gasteiger partial charge in [-0.05, 0) is 70.6 Å². The molecule has 3 fully saturated rings. The highest BCUT2D eigenvalue weighted by Gasteiger charge is 2.60. The van der Waals surface area contributed by atoms with Gasteiger partial charge in [0.05, 0.1) is 5.60 Å². The van der Waals surface area contributed by atoms with Crippen LogP contribution in [-0.4, -0.2) is 34.5 Å². The quantitative estimate of drug-likeness (QED) is 0.417. The van der Waals surface area contributed by atoms with Crippen molar-refractivity contribution in [1.82, 2.24) is 4.90 Å². The number of hydrogen-bond acceptors (Lipinski definition) is 4. The molecule has 2 bridgehead atoms. The SMILES string of the molecule is CC1=CC(=O)N(CCC(C)(C)OOC2(C)CCC3CC2C3(C)C)C1=O. The molecular weight excluding hydrogens is 318 g/mol. The number of rotatable bonds is 6. The van der Waals surface area contributed by atoms with E-state index in [4.69, 9.17) is 9.78 Å². The average molecular weight is 349 g/mol. The van der Waals surface area contributed by atoms with Crippen LogP contribution in [0.5, 0.6) is 0 Å². The molecule has 4 aliphatic rings. The van der Waals surface area contributed by atoms with Crippen LogP contribution in [0.2, 0.25) is 0 Å². The van der Waals surface area contributed by atoms with Crippen molar-refractivity contribution in [2.45, 2.75) is 78.4 Å². The lowest BCUT2D eigenvalue weighted by molar-refractivity contribution is -0.436. The van der Waals surface area contributed by atoms with E-state index in [1.54, 1.807) is 6.92 Å². The molecule has 0 spiro atoms. The number of nitrogens with zero attached hydrogens (tertiary/aromatic N) is 1. The highest BCUT2D eigenvalue weighted by molar-refractivity contribution is 6.15. The summed E-state index contributed by atoms with van der Waals surface area (Å²) >= 11 is 0. The van der Waals surface area contributed by atoms with Gasteiger partial charge in [-0.2, -0.15) is 0 Å². The molecule has 3 saturated carbocycles. The van der Waals surface area contributed by atoms with Crippen LogP contribution in [0.4, 0.5) is 0 Å². The van der Waals surface area contributed by atoms with Crippen LogP contribution in [0.15, 0.2) is 11.6 Å². The summed E-state index contributed by atoms with van der Waals surface area (Å²) in [6, 6.07) is 0. The van der Waals surface area contributed by atoms with E-state index in [2.05, 4.69) is 20.8 Å². The summed E-state index contributed by atoms with van der Waals surface area (Å²) < 4.78 is 0. The Bertz CT molecular complexity index is 619. The van der Waals surface area contributed by atoms with Gasteiger partial charge in [0.2, 0.25) is 0 Å². The summed E-state index contributed by atoms with van der Waals surface area (Å²) in [7, 11) is 0.